The van der Waals surface area contributed by atoms with E-state index in [1.165, 1.54) is 31.3 Å². The number of nitrogens with zero attached hydrogens (tertiary/aromatic N) is 1. The van der Waals surface area contributed by atoms with Crippen molar-refractivity contribution in [2.24, 2.45) is 0 Å². The van der Waals surface area contributed by atoms with E-state index < -0.39 is 0 Å². The Bertz CT molecular complexity index is 212. The minimum Gasteiger partial charge on any atom is -0.395 e. The summed E-state index contributed by atoms with van der Waals surface area (Å²) in [6, 6.07) is 0.671. The van der Waals surface area contributed by atoms with Crippen molar-refractivity contribution in [3.8, 4) is 0 Å². The zero-order valence-electron chi connectivity index (χ0n) is 11.2. The molecule has 0 aromatic heterocycles. The summed E-state index contributed by atoms with van der Waals surface area (Å²) in [5.74, 6) is 0. The first-order valence-corrected chi connectivity index (χ1v) is 7.00. The molecule has 0 aromatic carbocycles. The first kappa shape index (κ1) is 14.7. The van der Waals surface area contributed by atoms with Crippen LogP contribution in [0.4, 0.5) is 0 Å². The van der Waals surface area contributed by atoms with Gasteiger partial charge in [-0.1, -0.05) is 26.3 Å². The predicted molar refractivity (Wildman–Crippen MR) is 73.2 cm³/mol. The van der Waals surface area contributed by atoms with E-state index in [2.05, 4.69) is 23.7 Å². The monoisotopic (exact) mass is 240 g/mol. The Morgan fingerprint density at radius 2 is 2.12 bits per heavy atom. The maximum atomic E-state index is 9.14. The Morgan fingerprint density at radius 3 is 2.71 bits per heavy atom. The van der Waals surface area contributed by atoms with Crippen LogP contribution in [0.15, 0.2) is 12.2 Å². The lowest BCUT2D eigenvalue weighted by atomic mass is 10.1. The van der Waals surface area contributed by atoms with Gasteiger partial charge in [-0.3, -0.25) is 4.90 Å². The smallest absolute Gasteiger partial charge is 0.0558 e. The largest absolute Gasteiger partial charge is 0.395 e. The van der Waals surface area contributed by atoms with Crippen molar-refractivity contribution in [1.82, 2.24) is 10.2 Å². The number of nitrogens with one attached hydrogen (secondary N) is 1. The van der Waals surface area contributed by atoms with Crippen LogP contribution in [0.25, 0.3) is 0 Å². The molecule has 1 rings (SSSR count). The molecule has 0 saturated heterocycles. The third-order valence-corrected chi connectivity index (χ3v) is 3.46. The molecule has 0 heterocycles. The Morgan fingerprint density at radius 1 is 1.41 bits per heavy atom. The van der Waals surface area contributed by atoms with Gasteiger partial charge in [-0.15, -0.1) is 0 Å². The van der Waals surface area contributed by atoms with Gasteiger partial charge < -0.3 is 10.4 Å². The van der Waals surface area contributed by atoms with Gasteiger partial charge in [-0.25, -0.2) is 0 Å². The second kappa shape index (κ2) is 8.67. The van der Waals surface area contributed by atoms with Crippen molar-refractivity contribution >= 4 is 0 Å². The van der Waals surface area contributed by atoms with E-state index in [1.807, 2.05) is 0 Å². The molecule has 3 heteroatoms. The van der Waals surface area contributed by atoms with Crippen LogP contribution >= 0.6 is 0 Å². The summed E-state index contributed by atoms with van der Waals surface area (Å²) in [4.78, 5) is 2.41. The summed E-state index contributed by atoms with van der Waals surface area (Å²) in [6.07, 6.45) is 6.42. The highest BCUT2D eigenvalue weighted by Crippen LogP contribution is 2.23. The predicted octanol–water partition coefficient (Wildman–Crippen LogP) is 1.78. The third-order valence-electron chi connectivity index (χ3n) is 3.46. The Hall–Kier alpha value is -0.380. The van der Waals surface area contributed by atoms with Gasteiger partial charge in [0.15, 0.2) is 0 Å². The summed E-state index contributed by atoms with van der Waals surface area (Å²) in [5.41, 5.74) is 1.24. The minimum atomic E-state index is 0.256. The Labute approximate surface area is 106 Å². The van der Waals surface area contributed by atoms with Gasteiger partial charge in [0.25, 0.3) is 0 Å². The average Bonchev–Trinajstić information content (AvgIpc) is 2.82. The Kier molecular flexibility index (Phi) is 7.49. The molecule has 100 valence electrons. The normalized spacial score (nSPS) is 16.9. The van der Waals surface area contributed by atoms with E-state index in [0.717, 1.165) is 32.6 Å². The maximum absolute atomic E-state index is 9.14. The zero-order valence-corrected chi connectivity index (χ0v) is 11.2. The van der Waals surface area contributed by atoms with Crippen LogP contribution in [0.2, 0.25) is 0 Å². The fourth-order valence-corrected chi connectivity index (χ4v) is 2.57. The quantitative estimate of drug-likeness (QED) is 0.476. The van der Waals surface area contributed by atoms with Gasteiger partial charge in [-0.05, 0) is 31.4 Å². The molecule has 0 unspecified atom stereocenters. The summed E-state index contributed by atoms with van der Waals surface area (Å²) < 4.78 is 0. The van der Waals surface area contributed by atoms with Crippen LogP contribution in [-0.4, -0.2) is 48.8 Å². The SMILES string of the molecule is C=C(CNCCC)CN(CCO)C1CCCC1. The molecular formula is C14H28N2O. The van der Waals surface area contributed by atoms with E-state index in [0.29, 0.717) is 6.04 Å². The van der Waals surface area contributed by atoms with Gasteiger partial charge >= 0.3 is 0 Å². The molecule has 0 radical (unpaired) electrons. The molecule has 0 aliphatic heterocycles. The fraction of sp³-hybridized carbons (Fsp3) is 0.857. The van der Waals surface area contributed by atoms with Gasteiger partial charge in [0, 0.05) is 25.7 Å². The molecule has 0 bridgehead atoms. The summed E-state index contributed by atoms with van der Waals surface area (Å²) in [5, 5.41) is 12.5. The number of hydrogen-bond acceptors (Lipinski definition) is 3. The summed E-state index contributed by atoms with van der Waals surface area (Å²) in [6.45, 7) is 10.2. The van der Waals surface area contributed by atoms with Crippen molar-refractivity contribution in [2.75, 3.05) is 32.8 Å². The first-order valence-electron chi connectivity index (χ1n) is 7.00. The molecule has 0 spiro atoms. The van der Waals surface area contributed by atoms with E-state index in [4.69, 9.17) is 5.11 Å². The average molecular weight is 240 g/mol. The minimum absolute atomic E-state index is 0.256. The zero-order chi connectivity index (χ0) is 12.5. The summed E-state index contributed by atoms with van der Waals surface area (Å²) in [7, 11) is 0. The molecule has 1 saturated carbocycles. The van der Waals surface area contributed by atoms with E-state index in [9.17, 15) is 0 Å². The van der Waals surface area contributed by atoms with Crippen LogP contribution in [0.3, 0.4) is 0 Å². The molecule has 1 fully saturated rings. The molecule has 0 amide bonds. The van der Waals surface area contributed by atoms with E-state index in [1.54, 1.807) is 0 Å². The van der Waals surface area contributed by atoms with Crippen LogP contribution in [0.5, 0.6) is 0 Å². The van der Waals surface area contributed by atoms with Gasteiger partial charge in [0.1, 0.15) is 0 Å². The van der Waals surface area contributed by atoms with E-state index in [-0.39, 0.29) is 6.61 Å². The lowest BCUT2D eigenvalue weighted by Gasteiger charge is -2.29. The summed E-state index contributed by atoms with van der Waals surface area (Å²) >= 11 is 0. The highest BCUT2D eigenvalue weighted by molar-refractivity contribution is 5.01. The molecular weight excluding hydrogens is 212 g/mol. The van der Waals surface area contributed by atoms with Gasteiger partial charge in [-0.2, -0.15) is 0 Å². The highest BCUT2D eigenvalue weighted by atomic mass is 16.3. The molecule has 17 heavy (non-hydrogen) atoms. The van der Waals surface area contributed by atoms with Gasteiger partial charge in [0.05, 0.1) is 6.61 Å². The van der Waals surface area contributed by atoms with Crippen LogP contribution in [0.1, 0.15) is 39.0 Å². The molecule has 3 nitrogen and oxygen atoms in total. The van der Waals surface area contributed by atoms with Crippen LogP contribution in [0, 0.1) is 0 Å². The topological polar surface area (TPSA) is 35.5 Å². The van der Waals surface area contributed by atoms with Crippen LogP contribution < -0.4 is 5.32 Å². The van der Waals surface area contributed by atoms with Crippen LogP contribution in [-0.2, 0) is 0 Å². The highest BCUT2D eigenvalue weighted by Gasteiger charge is 2.22. The van der Waals surface area contributed by atoms with Crippen molar-refractivity contribution in [1.29, 1.82) is 0 Å². The van der Waals surface area contributed by atoms with Crippen molar-refractivity contribution < 1.29 is 5.11 Å². The number of aliphatic hydroxyl groups is 1. The Balaban J connectivity index is 2.29. The molecule has 1 aliphatic carbocycles. The van der Waals surface area contributed by atoms with Gasteiger partial charge in [0.2, 0.25) is 0 Å². The van der Waals surface area contributed by atoms with E-state index >= 15 is 0 Å². The lowest BCUT2D eigenvalue weighted by molar-refractivity contribution is 0.162. The third kappa shape index (κ3) is 5.66. The van der Waals surface area contributed by atoms with Crippen molar-refractivity contribution in [2.45, 2.75) is 45.1 Å². The first-order chi connectivity index (χ1) is 8.27. The maximum Gasteiger partial charge on any atom is 0.0558 e. The second-order valence-corrected chi connectivity index (χ2v) is 5.06. The number of rotatable bonds is 9. The molecule has 0 atom stereocenters. The number of aliphatic hydroxyl groups excluding tert-OH is 1. The second-order valence-electron chi connectivity index (χ2n) is 5.06. The molecule has 1 aliphatic rings. The lowest BCUT2D eigenvalue weighted by Crippen LogP contribution is -2.38. The molecule has 2 N–H and O–H groups in total. The standard InChI is InChI=1S/C14H28N2O/c1-3-8-15-11-13(2)12-16(9-10-17)14-6-4-5-7-14/h14-15,17H,2-12H2,1H3. The number of hydrogen-bond donors (Lipinski definition) is 2. The van der Waals surface area contributed by atoms with Crippen molar-refractivity contribution in [3.05, 3.63) is 12.2 Å². The molecule has 0 aromatic rings. The fourth-order valence-electron chi connectivity index (χ4n) is 2.57. The van der Waals surface area contributed by atoms with Crippen molar-refractivity contribution in [3.63, 3.8) is 0 Å².